The van der Waals surface area contributed by atoms with Crippen molar-refractivity contribution in [3.05, 3.63) is 48.0 Å². The van der Waals surface area contributed by atoms with Gasteiger partial charge in [-0.3, -0.25) is 0 Å². The lowest BCUT2D eigenvalue weighted by Gasteiger charge is -2.22. The molecule has 2 rings (SSSR count). The average Bonchev–Trinajstić information content (AvgIpc) is 2.36. The molecule has 0 aliphatic carbocycles. The molecule has 0 saturated carbocycles. The summed E-state index contributed by atoms with van der Waals surface area (Å²) in [7, 11) is 3.68. The number of hydrogen-bond donors (Lipinski definition) is 1. The van der Waals surface area contributed by atoms with E-state index in [4.69, 9.17) is 10.5 Å². The van der Waals surface area contributed by atoms with Crippen molar-refractivity contribution in [3.63, 3.8) is 0 Å². The summed E-state index contributed by atoms with van der Waals surface area (Å²) >= 11 is 0. The number of nitrogen functional groups attached to an aromatic ring is 1. The van der Waals surface area contributed by atoms with Gasteiger partial charge in [-0.1, -0.05) is 12.1 Å². The van der Waals surface area contributed by atoms with Crippen LogP contribution in [0.5, 0.6) is 5.75 Å². The number of anilines is 3. The molecule has 0 atom stereocenters. The first-order chi connectivity index (χ1) is 8.61. The SMILES string of the molecule is COc1ccccc1N(C)c1cc(C)cc(N)c1. The molecule has 0 fully saturated rings. The molecule has 0 aliphatic heterocycles. The highest BCUT2D eigenvalue weighted by Gasteiger charge is 2.09. The molecule has 0 aromatic heterocycles. The quantitative estimate of drug-likeness (QED) is 0.839. The fraction of sp³-hybridized carbons (Fsp3) is 0.200. The highest BCUT2D eigenvalue weighted by Crippen LogP contribution is 2.33. The van der Waals surface area contributed by atoms with Crippen LogP contribution in [-0.2, 0) is 0 Å². The van der Waals surface area contributed by atoms with Crippen LogP contribution in [0.4, 0.5) is 17.1 Å². The molecule has 0 bridgehead atoms. The van der Waals surface area contributed by atoms with E-state index in [0.717, 1.165) is 28.4 Å². The Bertz CT molecular complexity index is 532. The number of benzene rings is 2. The van der Waals surface area contributed by atoms with E-state index in [9.17, 15) is 0 Å². The third kappa shape index (κ3) is 2.40. The molecule has 3 heteroatoms. The Labute approximate surface area is 108 Å². The van der Waals surface area contributed by atoms with Crippen LogP contribution < -0.4 is 15.4 Å². The third-order valence-electron chi connectivity index (χ3n) is 2.92. The number of para-hydroxylation sites is 2. The van der Waals surface area contributed by atoms with E-state index in [-0.39, 0.29) is 0 Å². The summed E-state index contributed by atoms with van der Waals surface area (Å²) in [5.74, 6) is 0.847. The van der Waals surface area contributed by atoms with E-state index in [2.05, 4.69) is 11.0 Å². The van der Waals surface area contributed by atoms with Crippen molar-refractivity contribution in [2.24, 2.45) is 0 Å². The van der Waals surface area contributed by atoms with Crippen LogP contribution in [-0.4, -0.2) is 14.2 Å². The standard InChI is InChI=1S/C15H18N2O/c1-11-8-12(16)10-13(9-11)17(2)14-6-4-5-7-15(14)18-3/h4-10H,16H2,1-3H3. The van der Waals surface area contributed by atoms with Crippen molar-refractivity contribution in [3.8, 4) is 5.75 Å². The number of nitrogens with two attached hydrogens (primary N) is 1. The third-order valence-corrected chi connectivity index (χ3v) is 2.92. The fourth-order valence-corrected chi connectivity index (χ4v) is 2.03. The zero-order chi connectivity index (χ0) is 13.1. The van der Waals surface area contributed by atoms with Gasteiger partial charge < -0.3 is 15.4 Å². The maximum Gasteiger partial charge on any atom is 0.142 e. The van der Waals surface area contributed by atoms with Gasteiger partial charge in [-0.05, 0) is 42.8 Å². The van der Waals surface area contributed by atoms with Gasteiger partial charge in [0.25, 0.3) is 0 Å². The second kappa shape index (κ2) is 5.00. The van der Waals surface area contributed by atoms with E-state index >= 15 is 0 Å². The van der Waals surface area contributed by atoms with Gasteiger partial charge >= 0.3 is 0 Å². The summed E-state index contributed by atoms with van der Waals surface area (Å²) in [5.41, 5.74) is 9.87. The Morgan fingerprint density at radius 2 is 1.83 bits per heavy atom. The molecule has 0 heterocycles. The van der Waals surface area contributed by atoms with Crippen LogP contribution in [0.2, 0.25) is 0 Å². The van der Waals surface area contributed by atoms with Gasteiger partial charge in [-0.15, -0.1) is 0 Å². The monoisotopic (exact) mass is 242 g/mol. The summed E-state index contributed by atoms with van der Waals surface area (Å²) in [6.45, 7) is 2.04. The number of rotatable bonds is 3. The normalized spacial score (nSPS) is 10.2. The zero-order valence-corrected chi connectivity index (χ0v) is 11.0. The first-order valence-electron chi connectivity index (χ1n) is 5.85. The largest absolute Gasteiger partial charge is 0.495 e. The summed E-state index contributed by atoms with van der Waals surface area (Å²) in [4.78, 5) is 2.07. The first-order valence-corrected chi connectivity index (χ1v) is 5.85. The van der Waals surface area contributed by atoms with Crippen LogP contribution >= 0.6 is 0 Å². The number of hydrogen-bond acceptors (Lipinski definition) is 3. The van der Waals surface area contributed by atoms with Gasteiger partial charge in [-0.25, -0.2) is 0 Å². The predicted octanol–water partition coefficient (Wildman–Crippen LogP) is 3.35. The lowest BCUT2D eigenvalue weighted by Crippen LogP contribution is -2.11. The Kier molecular flexibility index (Phi) is 3.42. The Hall–Kier alpha value is -2.16. The molecule has 3 nitrogen and oxygen atoms in total. The molecular weight excluding hydrogens is 224 g/mol. The summed E-state index contributed by atoms with van der Waals surface area (Å²) in [5, 5.41) is 0. The molecule has 2 N–H and O–H groups in total. The van der Waals surface area contributed by atoms with Crippen LogP contribution in [0.3, 0.4) is 0 Å². The van der Waals surface area contributed by atoms with Crippen molar-refractivity contribution in [1.82, 2.24) is 0 Å². The maximum atomic E-state index is 5.89. The molecule has 0 aliphatic rings. The average molecular weight is 242 g/mol. The van der Waals surface area contributed by atoms with Crippen LogP contribution in [0.1, 0.15) is 5.56 Å². The van der Waals surface area contributed by atoms with Crippen molar-refractivity contribution >= 4 is 17.1 Å². The minimum Gasteiger partial charge on any atom is -0.495 e. The van der Waals surface area contributed by atoms with E-state index < -0.39 is 0 Å². The molecule has 94 valence electrons. The van der Waals surface area contributed by atoms with Gasteiger partial charge in [0.05, 0.1) is 12.8 Å². The second-order valence-electron chi connectivity index (χ2n) is 4.33. The molecule has 2 aromatic carbocycles. The smallest absolute Gasteiger partial charge is 0.142 e. The number of aryl methyl sites for hydroxylation is 1. The maximum absolute atomic E-state index is 5.89. The molecule has 0 spiro atoms. The van der Waals surface area contributed by atoms with Crippen molar-refractivity contribution in [2.45, 2.75) is 6.92 Å². The lowest BCUT2D eigenvalue weighted by atomic mass is 10.1. The molecule has 18 heavy (non-hydrogen) atoms. The lowest BCUT2D eigenvalue weighted by molar-refractivity contribution is 0.415. The molecule has 2 aromatic rings. The van der Waals surface area contributed by atoms with Gasteiger partial charge in [0, 0.05) is 18.4 Å². The summed E-state index contributed by atoms with van der Waals surface area (Å²) in [6, 6.07) is 13.9. The van der Waals surface area contributed by atoms with Gasteiger partial charge in [0.2, 0.25) is 0 Å². The van der Waals surface area contributed by atoms with Crippen LogP contribution in [0, 0.1) is 6.92 Å². The minimum atomic E-state index is 0.770. The Balaban J connectivity index is 2.44. The number of ether oxygens (including phenoxy) is 1. The van der Waals surface area contributed by atoms with Gasteiger partial charge in [0.15, 0.2) is 0 Å². The van der Waals surface area contributed by atoms with E-state index in [1.54, 1.807) is 7.11 Å². The van der Waals surface area contributed by atoms with Crippen LogP contribution in [0.15, 0.2) is 42.5 Å². The highest BCUT2D eigenvalue weighted by atomic mass is 16.5. The van der Waals surface area contributed by atoms with Crippen molar-refractivity contribution in [2.75, 3.05) is 24.8 Å². The van der Waals surface area contributed by atoms with Gasteiger partial charge in [0.1, 0.15) is 5.75 Å². The predicted molar refractivity (Wildman–Crippen MR) is 76.6 cm³/mol. The number of methoxy groups -OCH3 is 1. The second-order valence-corrected chi connectivity index (χ2v) is 4.33. The van der Waals surface area contributed by atoms with Crippen molar-refractivity contribution in [1.29, 1.82) is 0 Å². The van der Waals surface area contributed by atoms with E-state index in [1.165, 1.54) is 0 Å². The van der Waals surface area contributed by atoms with Gasteiger partial charge in [-0.2, -0.15) is 0 Å². The molecule has 0 radical (unpaired) electrons. The Morgan fingerprint density at radius 3 is 2.50 bits per heavy atom. The van der Waals surface area contributed by atoms with E-state index in [0.29, 0.717) is 0 Å². The highest BCUT2D eigenvalue weighted by molar-refractivity contribution is 5.71. The minimum absolute atomic E-state index is 0.770. The molecular formula is C15H18N2O. The number of nitrogens with zero attached hydrogens (tertiary/aromatic N) is 1. The fourth-order valence-electron chi connectivity index (χ4n) is 2.03. The zero-order valence-electron chi connectivity index (χ0n) is 11.0. The summed E-state index contributed by atoms with van der Waals surface area (Å²) in [6.07, 6.45) is 0. The molecule has 0 unspecified atom stereocenters. The Morgan fingerprint density at radius 1 is 1.11 bits per heavy atom. The molecule has 0 saturated heterocycles. The summed E-state index contributed by atoms with van der Waals surface area (Å²) < 4.78 is 5.38. The molecule has 0 amide bonds. The first kappa shape index (κ1) is 12.3. The van der Waals surface area contributed by atoms with Crippen molar-refractivity contribution < 1.29 is 4.74 Å². The van der Waals surface area contributed by atoms with Crippen LogP contribution in [0.25, 0.3) is 0 Å². The van der Waals surface area contributed by atoms with E-state index in [1.807, 2.05) is 50.4 Å². The topological polar surface area (TPSA) is 38.5 Å².